The van der Waals surface area contributed by atoms with Crippen LogP contribution in [0, 0.1) is 11.8 Å². The molecular weight excluding hydrogens is 256 g/mol. The molecule has 2 atom stereocenters. The minimum absolute atomic E-state index is 0.163. The Morgan fingerprint density at radius 3 is 2.72 bits per heavy atom. The number of rotatable bonds is 5. The van der Waals surface area contributed by atoms with Crippen molar-refractivity contribution in [3.05, 3.63) is 0 Å². The maximum absolute atomic E-state index is 12.0. The van der Waals surface area contributed by atoms with Crippen molar-refractivity contribution in [3.63, 3.8) is 0 Å². The Bertz CT molecular complexity index is 383. The van der Waals surface area contributed by atoms with Crippen molar-refractivity contribution in [2.24, 2.45) is 17.6 Å². The third-order valence-electron chi connectivity index (χ3n) is 3.38. The molecule has 1 saturated heterocycles. The van der Waals surface area contributed by atoms with Crippen LogP contribution in [0.1, 0.15) is 20.3 Å². The number of carbonyl (C=O) groups excluding carboxylic acids is 1. The maximum Gasteiger partial charge on any atom is 0.322 e. The second-order valence-electron chi connectivity index (χ2n) is 4.68. The summed E-state index contributed by atoms with van der Waals surface area (Å²) in [5, 5.41) is 0. The van der Waals surface area contributed by atoms with Gasteiger partial charge in [-0.15, -0.1) is 0 Å². The number of carbonyl (C=O) groups is 1. The van der Waals surface area contributed by atoms with Crippen molar-refractivity contribution < 1.29 is 17.9 Å². The fourth-order valence-electron chi connectivity index (χ4n) is 2.12. The minimum atomic E-state index is -3.57. The normalized spacial score (nSPS) is 25.9. The lowest BCUT2D eigenvalue weighted by Gasteiger charge is -2.35. The van der Waals surface area contributed by atoms with Crippen molar-refractivity contribution in [3.8, 4) is 0 Å². The molecule has 0 aromatic rings. The molecule has 1 fully saturated rings. The van der Waals surface area contributed by atoms with Crippen LogP contribution in [-0.4, -0.2) is 50.7 Å². The molecule has 6 nitrogen and oxygen atoms in total. The molecule has 0 spiro atoms. The van der Waals surface area contributed by atoms with Gasteiger partial charge in [-0.25, -0.2) is 12.7 Å². The molecule has 0 bridgehead atoms. The van der Waals surface area contributed by atoms with Crippen molar-refractivity contribution in [1.29, 1.82) is 0 Å². The molecule has 2 N–H and O–H groups in total. The number of esters is 1. The summed E-state index contributed by atoms with van der Waals surface area (Å²) in [6, 6.07) is 0. The van der Waals surface area contributed by atoms with Gasteiger partial charge >= 0.3 is 5.97 Å². The number of nitrogens with zero attached hydrogens (tertiary/aromatic N) is 1. The molecule has 0 amide bonds. The molecule has 0 radical (unpaired) electrons. The monoisotopic (exact) mass is 278 g/mol. The van der Waals surface area contributed by atoms with Gasteiger partial charge in [0.25, 0.3) is 0 Å². The van der Waals surface area contributed by atoms with Gasteiger partial charge in [-0.3, -0.25) is 4.79 Å². The lowest BCUT2D eigenvalue weighted by molar-refractivity contribution is -0.140. The van der Waals surface area contributed by atoms with E-state index < -0.39 is 21.7 Å². The lowest BCUT2D eigenvalue weighted by atomic mass is 9.88. The van der Waals surface area contributed by atoms with E-state index in [1.165, 1.54) is 4.31 Å². The summed E-state index contributed by atoms with van der Waals surface area (Å²) in [6.45, 7) is 5.24. The predicted octanol–water partition coefficient (Wildman–Crippen LogP) is -0.204. The van der Waals surface area contributed by atoms with Gasteiger partial charge in [0.2, 0.25) is 10.0 Å². The van der Waals surface area contributed by atoms with Crippen LogP contribution < -0.4 is 5.73 Å². The van der Waals surface area contributed by atoms with Gasteiger partial charge in [0.05, 0.1) is 6.61 Å². The van der Waals surface area contributed by atoms with E-state index in [4.69, 9.17) is 5.73 Å². The summed E-state index contributed by atoms with van der Waals surface area (Å²) in [5.41, 5.74) is 5.64. The van der Waals surface area contributed by atoms with Gasteiger partial charge in [-0.2, -0.15) is 0 Å². The van der Waals surface area contributed by atoms with Gasteiger partial charge in [0.1, 0.15) is 0 Å². The predicted molar refractivity (Wildman–Crippen MR) is 68.3 cm³/mol. The topological polar surface area (TPSA) is 89.7 Å². The zero-order chi connectivity index (χ0) is 13.8. The number of nitrogens with two attached hydrogens (primary N) is 1. The van der Waals surface area contributed by atoms with Gasteiger partial charge < -0.3 is 10.5 Å². The van der Waals surface area contributed by atoms with E-state index in [2.05, 4.69) is 11.7 Å². The highest BCUT2D eigenvalue weighted by molar-refractivity contribution is 7.89. The second kappa shape index (κ2) is 6.49. The van der Waals surface area contributed by atoms with E-state index in [0.29, 0.717) is 25.6 Å². The van der Waals surface area contributed by atoms with Crippen LogP contribution >= 0.6 is 0 Å². The number of ether oxygens (including phenoxy) is 1. The SMILES string of the molecule is CCOC(=O)CS(=O)(=O)N1CCC(C)C(CN)C1. The standard InChI is InChI=1S/C11H22N2O4S/c1-3-17-11(14)8-18(15,16)13-5-4-9(2)10(6-12)7-13/h9-10H,3-8,12H2,1-2H3. The Morgan fingerprint density at radius 1 is 1.50 bits per heavy atom. The molecule has 1 rings (SSSR count). The third-order valence-corrected chi connectivity index (χ3v) is 5.10. The largest absolute Gasteiger partial charge is 0.465 e. The first-order chi connectivity index (χ1) is 8.40. The Morgan fingerprint density at radius 2 is 2.17 bits per heavy atom. The van der Waals surface area contributed by atoms with E-state index in [-0.39, 0.29) is 12.5 Å². The fourth-order valence-corrected chi connectivity index (χ4v) is 3.48. The Balaban J connectivity index is 2.65. The van der Waals surface area contributed by atoms with Crippen LogP contribution in [0.4, 0.5) is 0 Å². The summed E-state index contributed by atoms with van der Waals surface area (Å²) in [5.74, 6) is -0.688. The van der Waals surface area contributed by atoms with Crippen molar-refractivity contribution >= 4 is 16.0 Å². The van der Waals surface area contributed by atoms with Gasteiger partial charge in [0.15, 0.2) is 5.75 Å². The van der Waals surface area contributed by atoms with Gasteiger partial charge in [-0.1, -0.05) is 6.92 Å². The molecule has 1 heterocycles. The molecular formula is C11H22N2O4S. The van der Waals surface area contributed by atoms with E-state index in [0.717, 1.165) is 6.42 Å². The van der Waals surface area contributed by atoms with Crippen LogP contribution in [0.15, 0.2) is 0 Å². The Hall–Kier alpha value is -0.660. The average Bonchev–Trinajstić information content (AvgIpc) is 2.28. The van der Waals surface area contributed by atoms with Crippen LogP contribution in [0.25, 0.3) is 0 Å². The average molecular weight is 278 g/mol. The molecule has 0 saturated carbocycles. The molecule has 1 aliphatic rings. The van der Waals surface area contributed by atoms with E-state index in [1.807, 2.05) is 0 Å². The van der Waals surface area contributed by atoms with Crippen LogP contribution in [-0.2, 0) is 19.6 Å². The molecule has 0 aromatic heterocycles. The first kappa shape index (κ1) is 15.4. The quantitative estimate of drug-likeness (QED) is 0.703. The van der Waals surface area contributed by atoms with Gasteiger partial charge in [-0.05, 0) is 31.7 Å². The second-order valence-corrected chi connectivity index (χ2v) is 6.65. The highest BCUT2D eigenvalue weighted by Gasteiger charge is 2.33. The molecule has 2 unspecified atom stereocenters. The first-order valence-electron chi connectivity index (χ1n) is 6.24. The van der Waals surface area contributed by atoms with E-state index in [9.17, 15) is 13.2 Å². The molecule has 7 heteroatoms. The zero-order valence-electron chi connectivity index (χ0n) is 11.0. The molecule has 106 valence electrons. The van der Waals surface area contributed by atoms with Crippen LogP contribution in [0.3, 0.4) is 0 Å². The minimum Gasteiger partial charge on any atom is -0.465 e. The van der Waals surface area contributed by atoms with Gasteiger partial charge in [0, 0.05) is 13.1 Å². The Labute approximate surface area is 109 Å². The summed E-state index contributed by atoms with van der Waals surface area (Å²) in [4.78, 5) is 11.3. The van der Waals surface area contributed by atoms with E-state index >= 15 is 0 Å². The van der Waals surface area contributed by atoms with Crippen LogP contribution in [0.5, 0.6) is 0 Å². The number of hydrogen-bond donors (Lipinski definition) is 1. The Kier molecular flexibility index (Phi) is 5.55. The van der Waals surface area contributed by atoms with Crippen molar-refractivity contribution in [1.82, 2.24) is 4.31 Å². The van der Waals surface area contributed by atoms with Crippen LogP contribution in [0.2, 0.25) is 0 Å². The summed E-state index contributed by atoms with van der Waals surface area (Å²) < 4.78 is 30.1. The van der Waals surface area contributed by atoms with Crippen molar-refractivity contribution in [2.45, 2.75) is 20.3 Å². The third kappa shape index (κ3) is 3.93. The lowest BCUT2D eigenvalue weighted by Crippen LogP contribution is -2.47. The highest BCUT2D eigenvalue weighted by Crippen LogP contribution is 2.24. The zero-order valence-corrected chi connectivity index (χ0v) is 11.8. The maximum atomic E-state index is 12.0. The highest BCUT2D eigenvalue weighted by atomic mass is 32.2. The summed E-state index contributed by atoms with van der Waals surface area (Å²) >= 11 is 0. The number of hydrogen-bond acceptors (Lipinski definition) is 5. The van der Waals surface area contributed by atoms with E-state index in [1.54, 1.807) is 6.92 Å². The van der Waals surface area contributed by atoms with Crippen molar-refractivity contribution in [2.75, 3.05) is 32.0 Å². The summed E-state index contributed by atoms with van der Waals surface area (Å²) in [7, 11) is -3.57. The number of piperidine rings is 1. The fraction of sp³-hybridized carbons (Fsp3) is 0.909. The molecule has 18 heavy (non-hydrogen) atoms. The summed E-state index contributed by atoms with van der Waals surface area (Å²) in [6.07, 6.45) is 0.782. The first-order valence-corrected chi connectivity index (χ1v) is 7.85. The molecule has 0 aromatic carbocycles. The molecule has 0 aliphatic carbocycles. The molecule has 1 aliphatic heterocycles. The number of sulfonamides is 1. The smallest absolute Gasteiger partial charge is 0.322 e.